The summed E-state index contributed by atoms with van der Waals surface area (Å²) in [5.74, 6) is 2.26. The van der Waals surface area contributed by atoms with E-state index in [0.717, 1.165) is 11.3 Å². The number of hydrogen-bond acceptors (Lipinski definition) is 5. The van der Waals surface area contributed by atoms with Crippen molar-refractivity contribution in [3.05, 3.63) is 41.5 Å². The molecular weight excluding hydrogens is 310 g/mol. The van der Waals surface area contributed by atoms with Crippen molar-refractivity contribution in [3.63, 3.8) is 0 Å². The van der Waals surface area contributed by atoms with Crippen molar-refractivity contribution in [2.75, 3.05) is 33.3 Å². The molecule has 2 aromatic carbocycles. The lowest BCUT2D eigenvalue weighted by molar-refractivity contribution is 0.0996. The molecule has 6 nitrogen and oxygen atoms in total. The zero-order valence-electron chi connectivity index (χ0n) is 14.1. The zero-order chi connectivity index (χ0) is 17.3. The second kappa shape index (κ2) is 6.31. The van der Waals surface area contributed by atoms with Gasteiger partial charge in [0.1, 0.15) is 0 Å². The van der Waals surface area contributed by atoms with Crippen molar-refractivity contribution in [1.82, 2.24) is 0 Å². The Morgan fingerprint density at radius 3 is 2.00 bits per heavy atom. The lowest BCUT2D eigenvalue weighted by Crippen LogP contribution is -2.22. The van der Waals surface area contributed by atoms with Crippen LogP contribution < -0.4 is 23.8 Å². The average molecular weight is 329 g/mol. The van der Waals surface area contributed by atoms with Crippen LogP contribution in [0.2, 0.25) is 0 Å². The van der Waals surface area contributed by atoms with Crippen LogP contribution in [0.1, 0.15) is 15.9 Å². The van der Waals surface area contributed by atoms with E-state index in [-0.39, 0.29) is 5.91 Å². The van der Waals surface area contributed by atoms with Gasteiger partial charge in [-0.25, -0.2) is 0 Å². The van der Waals surface area contributed by atoms with E-state index in [9.17, 15) is 4.79 Å². The molecule has 1 heterocycles. The second-order valence-electron chi connectivity index (χ2n) is 5.29. The number of amides is 1. The van der Waals surface area contributed by atoms with E-state index in [4.69, 9.17) is 18.9 Å². The van der Waals surface area contributed by atoms with Crippen LogP contribution in [0, 0.1) is 0 Å². The van der Waals surface area contributed by atoms with Crippen LogP contribution in [0.3, 0.4) is 0 Å². The predicted octanol–water partition coefficient (Wildman–Crippen LogP) is 2.88. The molecule has 2 aromatic rings. The summed E-state index contributed by atoms with van der Waals surface area (Å²) < 4.78 is 21.2. The Morgan fingerprint density at radius 1 is 0.792 bits per heavy atom. The van der Waals surface area contributed by atoms with E-state index in [0.29, 0.717) is 35.1 Å². The summed E-state index contributed by atoms with van der Waals surface area (Å²) in [4.78, 5) is 14.5. The topological polar surface area (TPSA) is 57.2 Å². The fraction of sp³-hybridized carbons (Fsp3) is 0.278. The molecule has 6 heteroatoms. The van der Waals surface area contributed by atoms with Gasteiger partial charge in [-0.3, -0.25) is 4.79 Å². The van der Waals surface area contributed by atoms with Gasteiger partial charge in [-0.05, 0) is 29.8 Å². The van der Waals surface area contributed by atoms with Crippen molar-refractivity contribution in [2.45, 2.75) is 6.54 Å². The Morgan fingerprint density at radius 2 is 1.38 bits per heavy atom. The molecule has 1 amide bonds. The SMILES string of the molecule is COc1ccc(N2Cc3cc(OC)c(OC)cc3C2=O)cc1OC. The van der Waals surface area contributed by atoms with Gasteiger partial charge >= 0.3 is 0 Å². The summed E-state index contributed by atoms with van der Waals surface area (Å²) in [6.45, 7) is 0.462. The zero-order valence-corrected chi connectivity index (χ0v) is 14.1. The first-order valence-electron chi connectivity index (χ1n) is 7.41. The van der Waals surface area contributed by atoms with E-state index < -0.39 is 0 Å². The summed E-state index contributed by atoms with van der Waals surface area (Å²) in [6.07, 6.45) is 0. The first kappa shape index (κ1) is 16.0. The number of methoxy groups -OCH3 is 4. The highest BCUT2D eigenvalue weighted by Gasteiger charge is 2.31. The number of ether oxygens (including phenoxy) is 4. The number of hydrogen-bond donors (Lipinski definition) is 0. The molecular formula is C18H19NO5. The smallest absolute Gasteiger partial charge is 0.259 e. The molecule has 0 radical (unpaired) electrons. The third-order valence-corrected chi connectivity index (χ3v) is 4.09. The fourth-order valence-electron chi connectivity index (χ4n) is 2.84. The highest BCUT2D eigenvalue weighted by molar-refractivity contribution is 6.10. The van der Waals surface area contributed by atoms with Gasteiger partial charge < -0.3 is 23.8 Å². The van der Waals surface area contributed by atoms with Crippen molar-refractivity contribution in [1.29, 1.82) is 0 Å². The van der Waals surface area contributed by atoms with Gasteiger partial charge in [-0.1, -0.05) is 0 Å². The van der Waals surface area contributed by atoms with Gasteiger partial charge in [0.25, 0.3) is 5.91 Å². The summed E-state index contributed by atoms with van der Waals surface area (Å²) in [6, 6.07) is 8.96. The van der Waals surface area contributed by atoms with Crippen LogP contribution in [-0.2, 0) is 6.54 Å². The number of anilines is 1. The van der Waals surface area contributed by atoms with E-state index >= 15 is 0 Å². The Balaban J connectivity index is 1.99. The normalized spacial score (nSPS) is 12.8. The lowest BCUT2D eigenvalue weighted by atomic mass is 10.1. The minimum absolute atomic E-state index is 0.0850. The van der Waals surface area contributed by atoms with Crippen molar-refractivity contribution >= 4 is 11.6 Å². The van der Waals surface area contributed by atoms with Crippen molar-refractivity contribution in [3.8, 4) is 23.0 Å². The molecule has 126 valence electrons. The van der Waals surface area contributed by atoms with E-state index in [1.165, 1.54) is 0 Å². The van der Waals surface area contributed by atoms with Crippen LogP contribution in [0.15, 0.2) is 30.3 Å². The molecule has 0 fully saturated rings. The van der Waals surface area contributed by atoms with Crippen LogP contribution >= 0.6 is 0 Å². The van der Waals surface area contributed by atoms with Gasteiger partial charge in [-0.2, -0.15) is 0 Å². The molecule has 3 rings (SSSR count). The minimum Gasteiger partial charge on any atom is -0.493 e. The van der Waals surface area contributed by atoms with Crippen LogP contribution in [0.5, 0.6) is 23.0 Å². The molecule has 0 saturated heterocycles. The fourth-order valence-corrected chi connectivity index (χ4v) is 2.84. The van der Waals surface area contributed by atoms with Crippen LogP contribution in [-0.4, -0.2) is 34.3 Å². The molecule has 0 atom stereocenters. The van der Waals surface area contributed by atoms with Gasteiger partial charge in [0.15, 0.2) is 23.0 Å². The van der Waals surface area contributed by atoms with Crippen LogP contribution in [0.25, 0.3) is 0 Å². The number of benzene rings is 2. The second-order valence-corrected chi connectivity index (χ2v) is 5.29. The maximum Gasteiger partial charge on any atom is 0.259 e. The average Bonchev–Trinajstić information content (AvgIpc) is 2.95. The molecule has 0 aromatic heterocycles. The first-order chi connectivity index (χ1) is 11.6. The number of rotatable bonds is 5. The quantitative estimate of drug-likeness (QED) is 0.844. The molecule has 0 saturated carbocycles. The third kappa shape index (κ3) is 2.50. The Kier molecular flexibility index (Phi) is 4.20. The number of carbonyl (C=O) groups excluding carboxylic acids is 1. The number of nitrogens with zero attached hydrogens (tertiary/aromatic N) is 1. The summed E-state index contributed by atoms with van der Waals surface area (Å²) in [5.41, 5.74) is 2.25. The molecule has 0 N–H and O–H groups in total. The molecule has 0 aliphatic carbocycles. The molecule has 0 spiro atoms. The number of fused-ring (bicyclic) bond motifs is 1. The standard InChI is InChI=1S/C18H19NO5/c1-21-14-6-5-12(8-16(14)23-3)19-10-11-7-15(22-2)17(24-4)9-13(11)18(19)20/h5-9H,10H2,1-4H3. The predicted molar refractivity (Wildman–Crippen MR) is 89.6 cm³/mol. The van der Waals surface area contributed by atoms with Gasteiger partial charge in [0, 0.05) is 17.3 Å². The molecule has 0 unspecified atom stereocenters. The molecule has 1 aliphatic heterocycles. The third-order valence-electron chi connectivity index (χ3n) is 4.09. The Hall–Kier alpha value is -2.89. The maximum atomic E-state index is 12.8. The minimum atomic E-state index is -0.0850. The highest BCUT2D eigenvalue weighted by Crippen LogP contribution is 2.38. The van der Waals surface area contributed by atoms with E-state index in [2.05, 4.69) is 0 Å². The van der Waals surface area contributed by atoms with E-state index in [1.807, 2.05) is 12.1 Å². The largest absolute Gasteiger partial charge is 0.493 e. The lowest BCUT2D eigenvalue weighted by Gasteiger charge is -2.17. The van der Waals surface area contributed by atoms with E-state index in [1.54, 1.807) is 51.5 Å². The summed E-state index contributed by atoms with van der Waals surface area (Å²) in [7, 11) is 6.27. The summed E-state index contributed by atoms with van der Waals surface area (Å²) >= 11 is 0. The van der Waals surface area contributed by atoms with Crippen molar-refractivity contribution < 1.29 is 23.7 Å². The Labute approximate surface area is 140 Å². The summed E-state index contributed by atoms with van der Waals surface area (Å²) in [5, 5.41) is 0. The van der Waals surface area contributed by atoms with Gasteiger partial charge in [-0.15, -0.1) is 0 Å². The number of carbonyl (C=O) groups is 1. The Bertz CT molecular complexity index is 787. The molecule has 1 aliphatic rings. The van der Waals surface area contributed by atoms with Crippen LogP contribution in [0.4, 0.5) is 5.69 Å². The van der Waals surface area contributed by atoms with Gasteiger partial charge in [0.2, 0.25) is 0 Å². The maximum absolute atomic E-state index is 12.8. The van der Waals surface area contributed by atoms with Crippen molar-refractivity contribution in [2.24, 2.45) is 0 Å². The van der Waals surface area contributed by atoms with Gasteiger partial charge in [0.05, 0.1) is 35.0 Å². The molecule has 0 bridgehead atoms. The monoisotopic (exact) mass is 329 g/mol. The molecule has 24 heavy (non-hydrogen) atoms. The highest BCUT2D eigenvalue weighted by atomic mass is 16.5. The first-order valence-corrected chi connectivity index (χ1v) is 7.41.